The van der Waals surface area contributed by atoms with Crippen molar-refractivity contribution in [1.82, 2.24) is 0 Å². The molecular formula is C12H13BrN2. The zero-order chi connectivity index (χ0) is 10.8. The zero-order valence-corrected chi connectivity index (χ0v) is 10.2. The lowest BCUT2D eigenvalue weighted by atomic mass is 10.1. The first-order valence-electron chi connectivity index (χ1n) is 5.17. The van der Waals surface area contributed by atoms with Crippen LogP contribution in [0.25, 0.3) is 0 Å². The minimum absolute atomic E-state index is 0.464. The summed E-state index contributed by atoms with van der Waals surface area (Å²) < 4.78 is 1.01. The Bertz CT molecular complexity index is 405. The van der Waals surface area contributed by atoms with Crippen LogP contribution in [0.3, 0.4) is 0 Å². The van der Waals surface area contributed by atoms with Crippen LogP contribution < -0.4 is 5.32 Å². The van der Waals surface area contributed by atoms with Gasteiger partial charge in [-0.05, 0) is 43.9 Å². The molecule has 0 radical (unpaired) electrons. The Hall–Kier alpha value is -1.01. The lowest BCUT2D eigenvalue weighted by Crippen LogP contribution is -2.17. The summed E-state index contributed by atoms with van der Waals surface area (Å²) in [5, 5.41) is 12.4. The van der Waals surface area contributed by atoms with Crippen molar-refractivity contribution < 1.29 is 0 Å². The van der Waals surface area contributed by atoms with Gasteiger partial charge in [0.05, 0.1) is 11.3 Å². The highest BCUT2D eigenvalue weighted by Crippen LogP contribution is 2.34. The largest absolute Gasteiger partial charge is 0.381 e. The number of hydrogen-bond acceptors (Lipinski definition) is 2. The molecule has 1 aliphatic carbocycles. The van der Waals surface area contributed by atoms with Crippen molar-refractivity contribution in [3.05, 3.63) is 28.2 Å². The molecule has 1 aliphatic rings. The fraction of sp³-hybridized carbons (Fsp3) is 0.417. The summed E-state index contributed by atoms with van der Waals surface area (Å²) in [4.78, 5) is 0. The maximum atomic E-state index is 8.97. The van der Waals surface area contributed by atoms with E-state index in [1.54, 1.807) is 0 Å². The van der Waals surface area contributed by atoms with Crippen LogP contribution in [0.4, 0.5) is 5.69 Å². The summed E-state index contributed by atoms with van der Waals surface area (Å²) in [6.07, 6.45) is 2.62. The van der Waals surface area contributed by atoms with Gasteiger partial charge in [0.2, 0.25) is 0 Å². The van der Waals surface area contributed by atoms with Crippen molar-refractivity contribution in [2.75, 3.05) is 5.32 Å². The van der Waals surface area contributed by atoms with Crippen LogP contribution >= 0.6 is 15.9 Å². The molecule has 0 aliphatic heterocycles. The van der Waals surface area contributed by atoms with E-state index >= 15 is 0 Å². The van der Waals surface area contributed by atoms with E-state index in [9.17, 15) is 0 Å². The minimum atomic E-state index is 0.464. The highest BCUT2D eigenvalue weighted by molar-refractivity contribution is 9.10. The second kappa shape index (κ2) is 4.24. The molecule has 1 aromatic carbocycles. The maximum Gasteiger partial charge on any atom is 0.101 e. The average Bonchev–Trinajstić information content (AvgIpc) is 3.01. The Labute approximate surface area is 98.4 Å². The van der Waals surface area contributed by atoms with Crippen LogP contribution in [0.15, 0.2) is 22.7 Å². The van der Waals surface area contributed by atoms with Gasteiger partial charge in [0.15, 0.2) is 0 Å². The summed E-state index contributed by atoms with van der Waals surface area (Å²) in [6, 6.07) is 8.37. The maximum absolute atomic E-state index is 8.97. The summed E-state index contributed by atoms with van der Waals surface area (Å²) >= 11 is 3.42. The zero-order valence-electron chi connectivity index (χ0n) is 8.63. The Kier molecular flexibility index (Phi) is 2.97. The quantitative estimate of drug-likeness (QED) is 0.907. The monoisotopic (exact) mass is 264 g/mol. The molecule has 1 aromatic rings. The first-order valence-corrected chi connectivity index (χ1v) is 5.96. The van der Waals surface area contributed by atoms with E-state index in [4.69, 9.17) is 5.26 Å². The van der Waals surface area contributed by atoms with Crippen LogP contribution in [0, 0.1) is 17.2 Å². The van der Waals surface area contributed by atoms with Gasteiger partial charge in [-0.25, -0.2) is 0 Å². The van der Waals surface area contributed by atoms with Crippen molar-refractivity contribution in [3.63, 3.8) is 0 Å². The molecule has 1 saturated carbocycles. The van der Waals surface area contributed by atoms with Gasteiger partial charge < -0.3 is 5.32 Å². The van der Waals surface area contributed by atoms with Crippen molar-refractivity contribution in [2.24, 2.45) is 5.92 Å². The van der Waals surface area contributed by atoms with E-state index in [-0.39, 0.29) is 0 Å². The highest BCUT2D eigenvalue weighted by atomic mass is 79.9. The van der Waals surface area contributed by atoms with Gasteiger partial charge in [-0.15, -0.1) is 0 Å². The van der Waals surface area contributed by atoms with E-state index in [1.165, 1.54) is 12.8 Å². The molecule has 78 valence electrons. The summed E-state index contributed by atoms with van der Waals surface area (Å²) in [5.41, 5.74) is 1.65. The predicted octanol–water partition coefficient (Wildman–Crippen LogP) is 3.53. The number of rotatable bonds is 3. The van der Waals surface area contributed by atoms with Crippen LogP contribution in [-0.4, -0.2) is 6.04 Å². The Morgan fingerprint density at radius 2 is 2.27 bits per heavy atom. The van der Waals surface area contributed by atoms with Gasteiger partial charge in [-0.1, -0.05) is 15.9 Å². The normalized spacial score (nSPS) is 16.9. The molecule has 3 heteroatoms. The molecule has 0 saturated heterocycles. The highest BCUT2D eigenvalue weighted by Gasteiger charge is 2.28. The van der Waals surface area contributed by atoms with Gasteiger partial charge in [0.1, 0.15) is 6.07 Å². The molecule has 1 fully saturated rings. The third-order valence-electron chi connectivity index (χ3n) is 2.81. The molecule has 0 aromatic heterocycles. The van der Waals surface area contributed by atoms with Crippen LogP contribution in [0.2, 0.25) is 0 Å². The molecule has 1 unspecified atom stereocenters. The van der Waals surface area contributed by atoms with E-state index < -0.39 is 0 Å². The van der Waals surface area contributed by atoms with Gasteiger partial charge in [0, 0.05) is 10.5 Å². The topological polar surface area (TPSA) is 35.8 Å². The summed E-state index contributed by atoms with van der Waals surface area (Å²) in [6.45, 7) is 2.18. The lowest BCUT2D eigenvalue weighted by Gasteiger charge is -2.15. The number of nitrogens with zero attached hydrogens (tertiary/aromatic N) is 1. The minimum Gasteiger partial charge on any atom is -0.381 e. The van der Waals surface area contributed by atoms with E-state index in [1.807, 2.05) is 18.2 Å². The average molecular weight is 265 g/mol. The van der Waals surface area contributed by atoms with Crippen molar-refractivity contribution in [3.8, 4) is 6.07 Å². The van der Waals surface area contributed by atoms with Gasteiger partial charge in [-0.2, -0.15) is 5.26 Å². The van der Waals surface area contributed by atoms with Crippen LogP contribution in [-0.2, 0) is 0 Å². The molecule has 0 heterocycles. The molecule has 1 N–H and O–H groups in total. The number of nitriles is 1. The lowest BCUT2D eigenvalue weighted by molar-refractivity contribution is 0.694. The predicted molar refractivity (Wildman–Crippen MR) is 64.7 cm³/mol. The standard InChI is InChI=1S/C12H13BrN2/c1-8(9-2-3-9)15-12-6-11(13)5-4-10(12)7-14/h4-6,8-9,15H,2-3H2,1H3. The molecule has 1 atom stereocenters. The Morgan fingerprint density at radius 1 is 1.53 bits per heavy atom. The third-order valence-corrected chi connectivity index (χ3v) is 3.31. The number of halogens is 1. The number of benzene rings is 1. The Morgan fingerprint density at radius 3 is 2.87 bits per heavy atom. The fourth-order valence-corrected chi connectivity index (χ4v) is 2.05. The first kappa shape index (κ1) is 10.5. The SMILES string of the molecule is CC(Nc1cc(Br)ccc1C#N)C1CC1. The smallest absolute Gasteiger partial charge is 0.101 e. The molecule has 15 heavy (non-hydrogen) atoms. The van der Waals surface area contributed by atoms with Gasteiger partial charge in [-0.3, -0.25) is 0 Å². The molecule has 0 amide bonds. The molecular weight excluding hydrogens is 252 g/mol. The van der Waals surface area contributed by atoms with Crippen molar-refractivity contribution in [2.45, 2.75) is 25.8 Å². The van der Waals surface area contributed by atoms with Crippen LogP contribution in [0.1, 0.15) is 25.3 Å². The van der Waals surface area contributed by atoms with Crippen molar-refractivity contribution >= 4 is 21.6 Å². The Balaban J connectivity index is 2.18. The fourth-order valence-electron chi connectivity index (χ4n) is 1.69. The molecule has 2 nitrogen and oxygen atoms in total. The van der Waals surface area contributed by atoms with Gasteiger partial charge in [0.25, 0.3) is 0 Å². The van der Waals surface area contributed by atoms with E-state index in [2.05, 4.69) is 34.2 Å². The second-order valence-electron chi connectivity index (χ2n) is 4.07. The second-order valence-corrected chi connectivity index (χ2v) is 4.99. The van der Waals surface area contributed by atoms with E-state index in [0.29, 0.717) is 11.6 Å². The van der Waals surface area contributed by atoms with Crippen LogP contribution in [0.5, 0.6) is 0 Å². The first-order chi connectivity index (χ1) is 7.20. The van der Waals surface area contributed by atoms with E-state index in [0.717, 1.165) is 16.1 Å². The molecule has 0 bridgehead atoms. The summed E-state index contributed by atoms with van der Waals surface area (Å²) in [5.74, 6) is 0.788. The number of nitrogens with one attached hydrogen (secondary N) is 1. The third kappa shape index (κ3) is 2.51. The summed E-state index contributed by atoms with van der Waals surface area (Å²) in [7, 11) is 0. The van der Waals surface area contributed by atoms with Crippen molar-refractivity contribution in [1.29, 1.82) is 5.26 Å². The number of hydrogen-bond donors (Lipinski definition) is 1. The molecule has 0 spiro atoms. The van der Waals surface area contributed by atoms with Gasteiger partial charge >= 0.3 is 0 Å². The molecule has 2 rings (SSSR count). The number of anilines is 1.